The Morgan fingerprint density at radius 3 is 2.50 bits per heavy atom. The molecule has 0 rings (SSSR count). The highest BCUT2D eigenvalue weighted by molar-refractivity contribution is 5.95. The van der Waals surface area contributed by atoms with Crippen LogP contribution in [0.1, 0.15) is 6.92 Å². The molecule has 6 nitrogen and oxygen atoms in total. The number of carbonyl (C=O) groups excluding carboxylic acids is 3. The number of carbonyl (C=O) groups is 3. The number of urea groups is 1. The van der Waals surface area contributed by atoms with E-state index in [9.17, 15) is 14.4 Å². The van der Waals surface area contributed by atoms with Crippen LogP contribution in [-0.4, -0.2) is 31.6 Å². The van der Waals surface area contributed by atoms with E-state index < -0.39 is 24.5 Å². The lowest BCUT2D eigenvalue weighted by Crippen LogP contribution is -2.39. The van der Waals surface area contributed by atoms with Gasteiger partial charge in [-0.3, -0.25) is 10.1 Å². The molecule has 0 heterocycles. The molecule has 0 bridgehead atoms. The number of rotatable bonds is 3. The Kier molecular flexibility index (Phi) is 5.77. The fourth-order valence-corrected chi connectivity index (χ4v) is 0.546. The first-order valence-corrected chi connectivity index (χ1v) is 3.91. The first-order chi connectivity index (χ1) is 6.60. The minimum Gasteiger partial charge on any atom is -0.452 e. The van der Waals surface area contributed by atoms with Crippen molar-refractivity contribution in [3.8, 4) is 0 Å². The van der Waals surface area contributed by atoms with E-state index in [1.54, 1.807) is 6.92 Å². The molecule has 6 heteroatoms. The summed E-state index contributed by atoms with van der Waals surface area (Å²) in [6, 6.07) is -0.642. The van der Waals surface area contributed by atoms with E-state index in [4.69, 9.17) is 0 Å². The van der Waals surface area contributed by atoms with Crippen molar-refractivity contribution in [1.82, 2.24) is 10.6 Å². The Morgan fingerprint density at radius 1 is 1.36 bits per heavy atom. The van der Waals surface area contributed by atoms with Gasteiger partial charge in [0, 0.05) is 13.1 Å². The summed E-state index contributed by atoms with van der Waals surface area (Å²) in [7, 11) is 1.37. The number of nitrogens with one attached hydrogen (secondary N) is 2. The van der Waals surface area contributed by atoms with E-state index >= 15 is 0 Å². The Bertz CT molecular complexity index is 260. The van der Waals surface area contributed by atoms with Gasteiger partial charge in [-0.1, -0.05) is 6.08 Å². The van der Waals surface area contributed by atoms with Crippen molar-refractivity contribution < 1.29 is 19.1 Å². The quantitative estimate of drug-likeness (QED) is 0.478. The van der Waals surface area contributed by atoms with Crippen molar-refractivity contribution in [3.05, 3.63) is 12.2 Å². The molecule has 0 atom stereocenters. The monoisotopic (exact) mass is 200 g/mol. The molecule has 0 aromatic carbocycles. The largest absolute Gasteiger partial charge is 0.452 e. The van der Waals surface area contributed by atoms with Gasteiger partial charge in [0.2, 0.25) is 0 Å². The van der Waals surface area contributed by atoms with Crippen LogP contribution in [-0.2, 0) is 14.3 Å². The van der Waals surface area contributed by atoms with Crippen LogP contribution in [0.15, 0.2) is 12.2 Å². The van der Waals surface area contributed by atoms with Gasteiger partial charge in [0.1, 0.15) is 0 Å². The lowest BCUT2D eigenvalue weighted by molar-refractivity contribution is -0.143. The molecule has 78 valence electrons. The van der Waals surface area contributed by atoms with Crippen LogP contribution in [0.3, 0.4) is 0 Å². The zero-order valence-corrected chi connectivity index (χ0v) is 7.99. The fourth-order valence-electron chi connectivity index (χ4n) is 0.546. The summed E-state index contributed by atoms with van der Waals surface area (Å²) in [4.78, 5) is 32.2. The molecule has 14 heavy (non-hydrogen) atoms. The topological polar surface area (TPSA) is 84.5 Å². The third-order valence-electron chi connectivity index (χ3n) is 1.13. The highest BCUT2D eigenvalue weighted by Gasteiger charge is 2.07. The third-order valence-corrected chi connectivity index (χ3v) is 1.13. The number of allylic oxidation sites excluding steroid dienone is 1. The van der Waals surface area contributed by atoms with E-state index in [0.717, 1.165) is 0 Å². The van der Waals surface area contributed by atoms with Crippen molar-refractivity contribution >= 4 is 17.9 Å². The van der Waals surface area contributed by atoms with Crippen molar-refractivity contribution in [2.45, 2.75) is 6.92 Å². The lowest BCUT2D eigenvalue weighted by atomic mass is 10.5. The Balaban J connectivity index is 3.74. The predicted octanol–water partition coefficient (Wildman–Crippen LogP) is -0.439. The van der Waals surface area contributed by atoms with Gasteiger partial charge in [-0.25, -0.2) is 9.59 Å². The van der Waals surface area contributed by atoms with Crippen molar-refractivity contribution in [2.24, 2.45) is 0 Å². The summed E-state index contributed by atoms with van der Waals surface area (Å²) >= 11 is 0. The second kappa shape index (κ2) is 6.64. The normalized spacial score (nSPS) is 9.57. The molecule has 0 aliphatic rings. The third kappa shape index (κ3) is 5.76. The van der Waals surface area contributed by atoms with Gasteiger partial charge in [-0.15, -0.1) is 0 Å². The summed E-state index contributed by atoms with van der Waals surface area (Å²) in [6.07, 6.45) is 2.66. The van der Waals surface area contributed by atoms with Gasteiger partial charge < -0.3 is 10.1 Å². The molecule has 3 amide bonds. The zero-order chi connectivity index (χ0) is 11.0. The summed E-state index contributed by atoms with van der Waals surface area (Å²) in [5, 5.41) is 4.12. The van der Waals surface area contributed by atoms with E-state index in [-0.39, 0.29) is 0 Å². The zero-order valence-electron chi connectivity index (χ0n) is 7.99. The van der Waals surface area contributed by atoms with Crippen LogP contribution < -0.4 is 10.6 Å². The molecule has 0 saturated heterocycles. The second-order valence-corrected chi connectivity index (χ2v) is 2.24. The van der Waals surface area contributed by atoms with Crippen LogP contribution in [0.4, 0.5) is 4.79 Å². The molecular weight excluding hydrogens is 188 g/mol. The molecule has 0 spiro atoms. The van der Waals surface area contributed by atoms with Gasteiger partial charge in [0.15, 0.2) is 6.61 Å². The van der Waals surface area contributed by atoms with Crippen molar-refractivity contribution in [1.29, 1.82) is 0 Å². The van der Waals surface area contributed by atoms with E-state index in [2.05, 4.69) is 10.1 Å². The standard InChI is InChI=1S/C8H12N2O4/c1-3-4-7(12)14-5-6(11)10-8(13)9-2/h3-4H,5H2,1-2H3,(H2,9,10,11,13)/b4-3+. The summed E-state index contributed by atoms with van der Waals surface area (Å²) < 4.78 is 4.47. The lowest BCUT2D eigenvalue weighted by Gasteiger charge is -2.02. The fraction of sp³-hybridized carbons (Fsp3) is 0.375. The number of imide groups is 1. The molecule has 0 aromatic rings. The summed E-state index contributed by atoms with van der Waals surface area (Å²) in [5.41, 5.74) is 0. The molecule has 0 aliphatic heterocycles. The Morgan fingerprint density at radius 2 is 2.00 bits per heavy atom. The smallest absolute Gasteiger partial charge is 0.330 e. The van der Waals surface area contributed by atoms with Crippen LogP contribution in [0, 0.1) is 0 Å². The number of ether oxygens (including phenoxy) is 1. The van der Waals surface area contributed by atoms with Gasteiger partial charge in [0.25, 0.3) is 5.91 Å². The molecule has 0 fully saturated rings. The van der Waals surface area contributed by atoms with E-state index in [0.29, 0.717) is 0 Å². The highest BCUT2D eigenvalue weighted by atomic mass is 16.5. The van der Waals surface area contributed by atoms with Gasteiger partial charge in [-0.2, -0.15) is 0 Å². The summed E-state index contributed by atoms with van der Waals surface area (Å²) in [6.45, 7) is 1.17. The molecule has 0 unspecified atom stereocenters. The first kappa shape index (κ1) is 12.2. The molecule has 0 aliphatic carbocycles. The summed E-state index contributed by atoms with van der Waals surface area (Å²) in [5.74, 6) is -1.30. The second-order valence-electron chi connectivity index (χ2n) is 2.24. The number of hydrogen-bond acceptors (Lipinski definition) is 4. The maximum Gasteiger partial charge on any atom is 0.330 e. The minimum absolute atomic E-state index is 0.476. The maximum atomic E-state index is 10.8. The van der Waals surface area contributed by atoms with Crippen LogP contribution in [0.5, 0.6) is 0 Å². The maximum absolute atomic E-state index is 10.8. The molecule has 0 aromatic heterocycles. The minimum atomic E-state index is -0.679. The van der Waals surface area contributed by atoms with E-state index in [1.165, 1.54) is 19.2 Å². The van der Waals surface area contributed by atoms with Crippen LogP contribution in [0.2, 0.25) is 0 Å². The number of hydrogen-bond donors (Lipinski definition) is 2. The van der Waals surface area contributed by atoms with Crippen LogP contribution in [0.25, 0.3) is 0 Å². The van der Waals surface area contributed by atoms with Gasteiger partial charge in [0.05, 0.1) is 0 Å². The molecular formula is C8H12N2O4. The highest BCUT2D eigenvalue weighted by Crippen LogP contribution is 1.81. The van der Waals surface area contributed by atoms with Gasteiger partial charge in [-0.05, 0) is 6.92 Å². The van der Waals surface area contributed by atoms with E-state index in [1.807, 2.05) is 5.32 Å². The Hall–Kier alpha value is -1.85. The SMILES string of the molecule is C/C=C/C(=O)OCC(=O)NC(=O)NC. The van der Waals surface area contributed by atoms with Gasteiger partial charge >= 0.3 is 12.0 Å². The molecule has 2 N–H and O–H groups in total. The Labute approximate surface area is 81.3 Å². The van der Waals surface area contributed by atoms with Crippen LogP contribution >= 0.6 is 0 Å². The first-order valence-electron chi connectivity index (χ1n) is 3.91. The molecule has 0 saturated carbocycles. The number of amides is 3. The molecule has 0 radical (unpaired) electrons. The average Bonchev–Trinajstić information content (AvgIpc) is 2.15. The predicted molar refractivity (Wildman–Crippen MR) is 48.4 cm³/mol. The van der Waals surface area contributed by atoms with Crippen molar-refractivity contribution in [2.75, 3.05) is 13.7 Å². The number of esters is 1. The van der Waals surface area contributed by atoms with Crippen molar-refractivity contribution in [3.63, 3.8) is 0 Å². The average molecular weight is 200 g/mol.